The topological polar surface area (TPSA) is 70.1 Å². The number of ether oxygens (including phenoxy) is 1. The maximum Gasteiger partial charge on any atom is 0.415 e. The largest absolute Gasteiger partial charge is 0.478 e. The van der Waals surface area contributed by atoms with Crippen LogP contribution in [0.4, 0.5) is 10.5 Å². The van der Waals surface area contributed by atoms with Crippen LogP contribution in [0, 0.1) is 0 Å². The number of nitrogens with zero attached hydrogens (tertiary/aromatic N) is 2. The van der Waals surface area contributed by atoms with E-state index in [1.807, 2.05) is 0 Å². The molecule has 7 heteroatoms. The van der Waals surface area contributed by atoms with E-state index in [4.69, 9.17) is 9.84 Å². The molecule has 2 aromatic carbocycles. The van der Waals surface area contributed by atoms with Crippen LogP contribution in [0.1, 0.15) is 49.0 Å². The van der Waals surface area contributed by atoms with Gasteiger partial charge in [0, 0.05) is 38.2 Å². The first-order chi connectivity index (χ1) is 17.8. The summed E-state index contributed by atoms with van der Waals surface area (Å²) in [6, 6.07) is 15.0. The maximum atomic E-state index is 12.3. The van der Waals surface area contributed by atoms with Crippen molar-refractivity contribution < 1.29 is 19.4 Å². The monoisotopic (exact) mass is 522 g/mol. The molecule has 2 aliphatic heterocycles. The van der Waals surface area contributed by atoms with Gasteiger partial charge in [0.1, 0.15) is 5.60 Å². The molecule has 2 aromatic rings. The zero-order chi connectivity index (χ0) is 26.8. The van der Waals surface area contributed by atoms with E-state index in [1.54, 1.807) is 17.0 Å². The Labute approximate surface area is 222 Å². The zero-order valence-electron chi connectivity index (χ0n) is 22.2. The van der Waals surface area contributed by atoms with E-state index in [2.05, 4.69) is 68.4 Å². The number of amides is 1. The van der Waals surface area contributed by atoms with E-state index < -0.39 is 11.6 Å². The number of carbonyl (C=O) groups is 2. The number of carbonyl (C=O) groups excluding carboxylic acids is 1. The van der Waals surface area contributed by atoms with E-state index in [0.717, 1.165) is 53.9 Å². The molecule has 0 radical (unpaired) electrons. The lowest BCUT2D eigenvalue weighted by atomic mass is 9.91. The van der Waals surface area contributed by atoms with E-state index in [-0.39, 0.29) is 11.7 Å². The lowest BCUT2D eigenvalue weighted by molar-refractivity contribution is 0.00357. The Bertz CT molecular complexity index is 1100. The fourth-order valence-electron chi connectivity index (χ4n) is 4.64. The number of benzene rings is 2. The highest BCUT2D eigenvalue weighted by atomic mass is 31.1. The molecule has 1 amide bonds. The van der Waals surface area contributed by atoms with Crippen molar-refractivity contribution in [3.05, 3.63) is 84.0 Å². The van der Waals surface area contributed by atoms with Crippen LogP contribution in [0.3, 0.4) is 0 Å². The molecule has 37 heavy (non-hydrogen) atoms. The fraction of sp³-hybridized carbons (Fsp3) is 0.400. The fourth-order valence-corrected chi connectivity index (χ4v) is 5.40. The molecule has 2 heterocycles. The van der Waals surface area contributed by atoms with Crippen molar-refractivity contribution in [1.82, 2.24) is 4.90 Å². The molecule has 2 aliphatic rings. The Morgan fingerprint density at radius 2 is 1.81 bits per heavy atom. The van der Waals surface area contributed by atoms with Crippen molar-refractivity contribution in [2.75, 3.05) is 37.7 Å². The number of hydrogen-bond donors (Lipinski definition) is 1. The number of likely N-dealkylation sites (tertiary alicyclic amines) is 1. The van der Waals surface area contributed by atoms with Crippen LogP contribution < -0.4 is 10.2 Å². The van der Waals surface area contributed by atoms with Crippen molar-refractivity contribution in [3.8, 4) is 0 Å². The van der Waals surface area contributed by atoms with Gasteiger partial charge in [-0.25, -0.2) is 9.59 Å². The normalized spacial score (nSPS) is 17.3. The second-order valence-corrected chi connectivity index (χ2v) is 10.7. The number of carboxylic acids is 1. The first kappa shape index (κ1) is 28.6. The van der Waals surface area contributed by atoms with Crippen LogP contribution in [0.15, 0.2) is 72.8 Å². The molecular weight excluding hydrogens is 483 g/mol. The Morgan fingerprint density at radius 1 is 1.14 bits per heavy atom. The minimum Gasteiger partial charge on any atom is -0.478 e. The van der Waals surface area contributed by atoms with Gasteiger partial charge in [-0.3, -0.25) is 9.80 Å². The average molecular weight is 523 g/mol. The lowest BCUT2D eigenvalue weighted by Gasteiger charge is -2.36. The van der Waals surface area contributed by atoms with Crippen molar-refractivity contribution in [1.29, 1.82) is 0 Å². The zero-order valence-corrected chi connectivity index (χ0v) is 23.2. The molecule has 2 fully saturated rings. The van der Waals surface area contributed by atoms with Gasteiger partial charge in [0.15, 0.2) is 0 Å². The summed E-state index contributed by atoms with van der Waals surface area (Å²) >= 11 is 0. The van der Waals surface area contributed by atoms with Crippen LogP contribution in [0.5, 0.6) is 0 Å². The van der Waals surface area contributed by atoms with Gasteiger partial charge < -0.3 is 9.84 Å². The highest BCUT2D eigenvalue weighted by molar-refractivity contribution is 7.46. The smallest absolute Gasteiger partial charge is 0.415 e. The van der Waals surface area contributed by atoms with E-state index in [0.29, 0.717) is 12.2 Å². The molecule has 0 aliphatic carbocycles. The van der Waals surface area contributed by atoms with Gasteiger partial charge in [0.25, 0.3) is 0 Å². The van der Waals surface area contributed by atoms with E-state index in [9.17, 15) is 9.59 Å². The van der Waals surface area contributed by atoms with Crippen molar-refractivity contribution in [2.24, 2.45) is 0 Å². The molecular formula is C30H39N2O4P. The number of piperidine rings is 1. The van der Waals surface area contributed by atoms with E-state index >= 15 is 0 Å². The van der Waals surface area contributed by atoms with Crippen LogP contribution in [0.2, 0.25) is 0 Å². The summed E-state index contributed by atoms with van der Waals surface area (Å²) in [5, 5.41) is 10.5. The van der Waals surface area contributed by atoms with Crippen molar-refractivity contribution in [2.45, 2.75) is 45.1 Å². The molecule has 0 saturated carbocycles. The molecule has 0 bridgehead atoms. The van der Waals surface area contributed by atoms with Gasteiger partial charge in [-0.05, 0) is 61.6 Å². The number of anilines is 1. The third-order valence-corrected chi connectivity index (χ3v) is 7.74. The number of carboxylic acid groups (broad SMARTS) is 1. The summed E-state index contributed by atoms with van der Waals surface area (Å²) in [7, 11) is 0.887. The summed E-state index contributed by atoms with van der Waals surface area (Å²) < 4.78 is 5.73. The number of rotatable bonds is 8. The predicted octanol–water partition coefficient (Wildman–Crippen LogP) is 5.88. The first-order valence-corrected chi connectivity index (χ1v) is 14.4. The van der Waals surface area contributed by atoms with Crippen molar-refractivity contribution in [3.63, 3.8) is 0 Å². The molecule has 1 spiro atoms. The highest BCUT2D eigenvalue weighted by Crippen LogP contribution is 2.35. The minimum atomic E-state index is -0.975. The summed E-state index contributed by atoms with van der Waals surface area (Å²) in [6.07, 6.45) is 7.73. The SMILES string of the molecule is C=C(C)Cc1ccccc1PC.CC/C=C/CN1CCC2(CC1)CN(c1ccc(C(=O)O)cc1)C(=O)O2. The predicted molar refractivity (Wildman–Crippen MR) is 154 cm³/mol. The average Bonchev–Trinajstić information content (AvgIpc) is 3.21. The summed E-state index contributed by atoms with van der Waals surface area (Å²) in [6.45, 7) is 13.6. The third-order valence-electron chi connectivity index (χ3n) is 6.71. The Balaban J connectivity index is 0.000000266. The first-order valence-electron chi connectivity index (χ1n) is 12.9. The molecule has 1 atom stereocenters. The highest BCUT2D eigenvalue weighted by Gasteiger charge is 2.47. The van der Waals surface area contributed by atoms with Crippen LogP contribution in [-0.4, -0.2) is 60.5 Å². The second-order valence-electron chi connectivity index (χ2n) is 9.71. The van der Waals surface area contributed by atoms with Gasteiger partial charge in [0.2, 0.25) is 0 Å². The number of hydrogen-bond acceptors (Lipinski definition) is 4. The molecule has 2 saturated heterocycles. The van der Waals surface area contributed by atoms with Crippen molar-refractivity contribution >= 4 is 31.6 Å². The van der Waals surface area contributed by atoms with Crippen LogP contribution in [0.25, 0.3) is 0 Å². The maximum absolute atomic E-state index is 12.3. The van der Waals surface area contributed by atoms with Crippen LogP contribution in [-0.2, 0) is 11.2 Å². The van der Waals surface area contributed by atoms with Gasteiger partial charge in [-0.1, -0.05) is 64.1 Å². The van der Waals surface area contributed by atoms with Crippen LogP contribution >= 0.6 is 8.58 Å². The summed E-state index contributed by atoms with van der Waals surface area (Å²) in [5.74, 6) is -0.975. The Hall–Kier alpha value is -2.95. The standard InChI is InChI=1S/C19H24N2O4.C11H15P/c1-2-3-4-11-20-12-9-19(10-13-20)14-21(18(24)25-19)16-7-5-15(6-8-16)17(22)23;1-9(2)8-10-6-4-5-7-11(10)12-3/h3-8H,2,9-14H2,1H3,(H,22,23);4-7,12H,1,8H2,2-3H3/b4-3+;. The minimum absolute atomic E-state index is 0.208. The van der Waals surface area contributed by atoms with Gasteiger partial charge in [-0.2, -0.15) is 0 Å². The van der Waals surface area contributed by atoms with Gasteiger partial charge in [-0.15, -0.1) is 0 Å². The molecule has 198 valence electrons. The number of aromatic carboxylic acids is 1. The lowest BCUT2D eigenvalue weighted by Crippen LogP contribution is -2.46. The van der Waals surface area contributed by atoms with E-state index in [1.165, 1.54) is 28.6 Å². The summed E-state index contributed by atoms with van der Waals surface area (Å²) in [5.41, 5.74) is 3.14. The molecule has 6 nitrogen and oxygen atoms in total. The number of allylic oxidation sites excluding steroid dienone is 2. The third kappa shape index (κ3) is 8.02. The van der Waals surface area contributed by atoms with Gasteiger partial charge in [0.05, 0.1) is 12.1 Å². The summed E-state index contributed by atoms with van der Waals surface area (Å²) in [4.78, 5) is 27.3. The molecule has 4 rings (SSSR count). The van der Waals surface area contributed by atoms with Gasteiger partial charge >= 0.3 is 12.1 Å². The molecule has 1 N–H and O–H groups in total. The Kier molecular flexibility index (Phi) is 10.5. The second kappa shape index (κ2) is 13.6. The Morgan fingerprint density at radius 3 is 2.41 bits per heavy atom. The molecule has 1 unspecified atom stereocenters. The molecule has 0 aromatic heterocycles. The quantitative estimate of drug-likeness (QED) is 0.346.